The normalized spacial score (nSPS) is 10.5. The molecule has 0 unspecified atom stereocenters. The van der Waals surface area contributed by atoms with Crippen LogP contribution < -0.4 is 10.6 Å². The predicted octanol–water partition coefficient (Wildman–Crippen LogP) is 4.44. The average Bonchev–Trinajstić information content (AvgIpc) is 3.43. The molecule has 0 radical (unpaired) electrons. The first-order chi connectivity index (χ1) is 14.2. The number of nitrogens with zero attached hydrogens (tertiary/aromatic N) is 1. The van der Waals surface area contributed by atoms with E-state index in [1.54, 1.807) is 30.5 Å². The van der Waals surface area contributed by atoms with Gasteiger partial charge in [-0.1, -0.05) is 48.5 Å². The molecule has 0 aliphatic heterocycles. The summed E-state index contributed by atoms with van der Waals surface area (Å²) in [4.78, 5) is 30.0. The highest BCUT2D eigenvalue weighted by molar-refractivity contribution is 7.17. The summed E-state index contributed by atoms with van der Waals surface area (Å²) in [5, 5.41) is 6.02. The molecule has 6 nitrogen and oxygen atoms in total. The van der Waals surface area contributed by atoms with E-state index in [4.69, 9.17) is 4.42 Å². The number of hydrogen-bond donors (Lipinski definition) is 2. The van der Waals surface area contributed by atoms with Gasteiger partial charge in [0.05, 0.1) is 18.5 Å². The first kappa shape index (κ1) is 18.6. The van der Waals surface area contributed by atoms with Crippen LogP contribution in [-0.2, 0) is 4.79 Å². The van der Waals surface area contributed by atoms with Gasteiger partial charge in [-0.05, 0) is 24.3 Å². The fourth-order valence-corrected chi connectivity index (χ4v) is 3.71. The van der Waals surface area contributed by atoms with Gasteiger partial charge in [-0.2, -0.15) is 0 Å². The van der Waals surface area contributed by atoms with E-state index in [0.29, 0.717) is 27.0 Å². The van der Waals surface area contributed by atoms with Crippen LogP contribution in [0.1, 0.15) is 9.67 Å². The Morgan fingerprint density at radius 2 is 1.66 bits per heavy atom. The maximum atomic E-state index is 12.8. The van der Waals surface area contributed by atoms with Gasteiger partial charge in [0, 0.05) is 11.3 Å². The van der Waals surface area contributed by atoms with Crippen LogP contribution in [0.4, 0.5) is 5.69 Å². The molecular weight excluding hydrogens is 386 g/mol. The van der Waals surface area contributed by atoms with Crippen LogP contribution in [0, 0.1) is 0 Å². The summed E-state index contributed by atoms with van der Waals surface area (Å²) in [6, 6.07) is 22.1. The summed E-state index contributed by atoms with van der Waals surface area (Å²) in [5.41, 5.74) is 2.05. The van der Waals surface area contributed by atoms with Crippen molar-refractivity contribution in [2.45, 2.75) is 0 Å². The Morgan fingerprint density at radius 1 is 0.931 bits per heavy atom. The molecule has 0 atom stereocenters. The number of rotatable bonds is 6. The smallest absolute Gasteiger partial charge is 0.264 e. The van der Waals surface area contributed by atoms with Crippen LogP contribution >= 0.6 is 11.3 Å². The molecule has 0 fully saturated rings. The molecule has 0 bridgehead atoms. The molecule has 4 rings (SSSR count). The molecule has 2 N–H and O–H groups in total. The summed E-state index contributed by atoms with van der Waals surface area (Å²) in [6.07, 6.45) is 1.56. The first-order valence-corrected chi connectivity index (χ1v) is 9.75. The van der Waals surface area contributed by atoms with Gasteiger partial charge in [0.1, 0.15) is 4.88 Å². The van der Waals surface area contributed by atoms with Crippen LogP contribution in [-0.4, -0.2) is 23.3 Å². The lowest BCUT2D eigenvalue weighted by Crippen LogP contribution is -2.32. The molecule has 4 aromatic rings. The van der Waals surface area contributed by atoms with Gasteiger partial charge in [-0.15, -0.1) is 11.3 Å². The van der Waals surface area contributed by atoms with Crippen molar-refractivity contribution in [1.82, 2.24) is 10.3 Å². The molecule has 29 heavy (non-hydrogen) atoms. The maximum absolute atomic E-state index is 12.8. The number of nitrogens with one attached hydrogen (secondary N) is 2. The summed E-state index contributed by atoms with van der Waals surface area (Å²) in [6.45, 7) is -0.143. The van der Waals surface area contributed by atoms with Crippen molar-refractivity contribution in [3.8, 4) is 22.0 Å². The highest BCUT2D eigenvalue weighted by atomic mass is 32.1. The predicted molar refractivity (Wildman–Crippen MR) is 113 cm³/mol. The Bertz CT molecular complexity index is 1110. The Hall–Kier alpha value is -3.71. The molecule has 2 amide bonds. The zero-order valence-corrected chi connectivity index (χ0v) is 16.1. The molecule has 2 heterocycles. The first-order valence-electron chi connectivity index (χ1n) is 8.94. The number of para-hydroxylation sites is 1. The van der Waals surface area contributed by atoms with Gasteiger partial charge >= 0.3 is 0 Å². The van der Waals surface area contributed by atoms with Crippen LogP contribution in [0.2, 0.25) is 0 Å². The molecular formula is C22H17N3O3S. The second-order valence-electron chi connectivity index (χ2n) is 6.14. The van der Waals surface area contributed by atoms with Gasteiger partial charge in [-0.25, -0.2) is 4.98 Å². The van der Waals surface area contributed by atoms with Crippen molar-refractivity contribution in [3.63, 3.8) is 0 Å². The highest BCUT2D eigenvalue weighted by Gasteiger charge is 2.21. The van der Waals surface area contributed by atoms with E-state index in [-0.39, 0.29) is 18.4 Å². The van der Waals surface area contributed by atoms with Crippen molar-refractivity contribution in [3.05, 3.63) is 83.9 Å². The van der Waals surface area contributed by atoms with E-state index in [9.17, 15) is 9.59 Å². The van der Waals surface area contributed by atoms with E-state index in [0.717, 1.165) is 5.56 Å². The average molecular weight is 403 g/mol. The van der Waals surface area contributed by atoms with Crippen LogP contribution in [0.3, 0.4) is 0 Å². The minimum Gasteiger partial charge on any atom is -0.462 e. The van der Waals surface area contributed by atoms with E-state index >= 15 is 0 Å². The number of carbonyl (C=O) groups is 2. The topological polar surface area (TPSA) is 84.2 Å². The fourth-order valence-electron chi connectivity index (χ4n) is 2.74. The largest absolute Gasteiger partial charge is 0.462 e. The van der Waals surface area contributed by atoms with Gasteiger partial charge in [0.2, 0.25) is 5.91 Å². The number of carbonyl (C=O) groups excluding carboxylic acids is 2. The molecule has 0 saturated carbocycles. The number of thiazole rings is 1. The zero-order valence-electron chi connectivity index (χ0n) is 15.3. The van der Waals surface area contributed by atoms with E-state index < -0.39 is 0 Å². The van der Waals surface area contributed by atoms with E-state index in [1.807, 2.05) is 48.5 Å². The van der Waals surface area contributed by atoms with Crippen LogP contribution in [0.15, 0.2) is 83.5 Å². The molecule has 0 aliphatic carbocycles. The Kier molecular flexibility index (Phi) is 5.49. The fraction of sp³-hybridized carbons (Fsp3) is 0.0455. The van der Waals surface area contributed by atoms with Gasteiger partial charge < -0.3 is 15.1 Å². The third-order valence-corrected chi connectivity index (χ3v) is 5.15. The number of hydrogen-bond acceptors (Lipinski definition) is 5. The Balaban J connectivity index is 1.53. The monoisotopic (exact) mass is 403 g/mol. The quantitative estimate of drug-likeness (QED) is 0.499. The minimum absolute atomic E-state index is 0.143. The molecule has 0 saturated heterocycles. The molecule has 7 heteroatoms. The lowest BCUT2D eigenvalue weighted by Gasteiger charge is -2.07. The summed E-state index contributed by atoms with van der Waals surface area (Å²) in [7, 11) is 0. The van der Waals surface area contributed by atoms with Gasteiger partial charge in [0.25, 0.3) is 5.91 Å². The molecule has 144 valence electrons. The zero-order chi connectivity index (χ0) is 20.1. The molecule has 2 aromatic carbocycles. The SMILES string of the molecule is O=C(CNC(=O)c1sc(-c2ccco2)nc1-c1ccccc1)Nc1ccccc1. The van der Waals surface area contributed by atoms with Crippen LogP contribution in [0.25, 0.3) is 22.0 Å². The lowest BCUT2D eigenvalue weighted by molar-refractivity contribution is -0.115. The second-order valence-corrected chi connectivity index (χ2v) is 7.14. The summed E-state index contributed by atoms with van der Waals surface area (Å²) < 4.78 is 5.42. The van der Waals surface area contributed by atoms with Gasteiger partial charge in [0.15, 0.2) is 10.8 Å². The molecule has 0 spiro atoms. The maximum Gasteiger partial charge on any atom is 0.264 e. The van der Waals surface area contributed by atoms with E-state index in [1.165, 1.54) is 11.3 Å². The lowest BCUT2D eigenvalue weighted by atomic mass is 10.1. The van der Waals surface area contributed by atoms with Crippen molar-refractivity contribution in [2.75, 3.05) is 11.9 Å². The number of amides is 2. The number of aromatic nitrogens is 1. The minimum atomic E-state index is -0.359. The van der Waals surface area contributed by atoms with Gasteiger partial charge in [-0.3, -0.25) is 9.59 Å². The second kappa shape index (κ2) is 8.53. The Morgan fingerprint density at radius 3 is 2.34 bits per heavy atom. The standard InChI is InChI=1S/C22H17N3O3S/c26-18(24-16-10-5-2-6-11-16)14-23-21(27)20-19(15-8-3-1-4-9-15)25-22(29-20)17-12-7-13-28-17/h1-13H,14H2,(H,23,27)(H,24,26). The Labute approximate surface area is 171 Å². The summed E-state index contributed by atoms with van der Waals surface area (Å²) in [5.74, 6) is -0.0722. The van der Waals surface area contributed by atoms with Crippen molar-refractivity contribution < 1.29 is 14.0 Å². The number of furan rings is 1. The number of anilines is 1. The van der Waals surface area contributed by atoms with Crippen molar-refractivity contribution in [2.24, 2.45) is 0 Å². The molecule has 2 aromatic heterocycles. The highest BCUT2D eigenvalue weighted by Crippen LogP contribution is 2.34. The third-order valence-electron chi connectivity index (χ3n) is 4.08. The molecule has 0 aliphatic rings. The van der Waals surface area contributed by atoms with Crippen LogP contribution in [0.5, 0.6) is 0 Å². The van der Waals surface area contributed by atoms with E-state index in [2.05, 4.69) is 15.6 Å². The van der Waals surface area contributed by atoms with Crippen molar-refractivity contribution in [1.29, 1.82) is 0 Å². The summed E-state index contributed by atoms with van der Waals surface area (Å²) >= 11 is 1.23. The number of benzene rings is 2. The van der Waals surface area contributed by atoms with Crippen molar-refractivity contribution >= 4 is 28.8 Å². The third kappa shape index (κ3) is 4.41.